The van der Waals surface area contributed by atoms with Gasteiger partial charge in [-0.2, -0.15) is 0 Å². The van der Waals surface area contributed by atoms with Crippen molar-refractivity contribution in [3.63, 3.8) is 0 Å². The van der Waals surface area contributed by atoms with Gasteiger partial charge in [-0.25, -0.2) is 0 Å². The molecule has 0 N–H and O–H groups in total. The van der Waals surface area contributed by atoms with Crippen LogP contribution in [0.25, 0.3) is 11.1 Å². The Bertz CT molecular complexity index is 1230. The van der Waals surface area contributed by atoms with E-state index < -0.39 is 0 Å². The second-order valence-corrected chi connectivity index (χ2v) is 13.0. The molecule has 2 bridgehead atoms. The molecule has 0 aromatic heterocycles. The highest BCUT2D eigenvalue weighted by atomic mass is 14.5. The summed E-state index contributed by atoms with van der Waals surface area (Å²) < 4.78 is 0. The second kappa shape index (κ2) is 7.71. The van der Waals surface area contributed by atoms with Crippen LogP contribution in [-0.4, -0.2) is 0 Å². The SMILES string of the molecule is CCC1(C)CC2=C3CC(C(C(C)(C)C)=CCc4cccc(c43)C1(C)CC)c1cc(C)c(C)cc12. The molecule has 3 aliphatic carbocycles. The van der Waals surface area contributed by atoms with Crippen LogP contribution < -0.4 is 0 Å². The Labute approximate surface area is 208 Å². The molecule has 5 rings (SSSR count). The van der Waals surface area contributed by atoms with Gasteiger partial charge in [0, 0.05) is 5.92 Å². The topological polar surface area (TPSA) is 0 Å². The van der Waals surface area contributed by atoms with Gasteiger partial charge in [0.25, 0.3) is 0 Å². The minimum atomic E-state index is 0.161. The van der Waals surface area contributed by atoms with E-state index in [0.29, 0.717) is 5.92 Å². The Morgan fingerprint density at radius 3 is 2.29 bits per heavy atom. The average molecular weight is 453 g/mol. The van der Waals surface area contributed by atoms with E-state index in [9.17, 15) is 0 Å². The molecule has 0 aliphatic heterocycles. The first kappa shape index (κ1) is 23.7. The van der Waals surface area contributed by atoms with Crippen LogP contribution >= 0.6 is 0 Å². The molecule has 0 heteroatoms. The van der Waals surface area contributed by atoms with Crippen molar-refractivity contribution in [1.29, 1.82) is 0 Å². The zero-order valence-corrected chi connectivity index (χ0v) is 23.1. The fourth-order valence-corrected chi connectivity index (χ4v) is 7.54. The van der Waals surface area contributed by atoms with E-state index in [4.69, 9.17) is 0 Å². The van der Waals surface area contributed by atoms with Crippen LogP contribution in [-0.2, 0) is 11.8 Å². The van der Waals surface area contributed by atoms with Crippen molar-refractivity contribution < 1.29 is 0 Å². The molecule has 0 spiro atoms. The third kappa shape index (κ3) is 3.16. The molecule has 0 saturated heterocycles. The lowest BCUT2D eigenvalue weighted by molar-refractivity contribution is 0.146. The molecule has 2 aromatic rings. The van der Waals surface area contributed by atoms with Gasteiger partial charge in [0.1, 0.15) is 0 Å². The van der Waals surface area contributed by atoms with Crippen molar-refractivity contribution in [3.8, 4) is 0 Å². The van der Waals surface area contributed by atoms with E-state index in [-0.39, 0.29) is 16.2 Å². The smallest absolute Gasteiger partial charge is 0.0100 e. The van der Waals surface area contributed by atoms with Crippen LogP contribution in [0.3, 0.4) is 0 Å². The van der Waals surface area contributed by atoms with Crippen LogP contribution in [0.2, 0.25) is 0 Å². The Morgan fingerprint density at radius 1 is 0.941 bits per heavy atom. The summed E-state index contributed by atoms with van der Waals surface area (Å²) in [5, 5.41) is 0. The number of aryl methyl sites for hydroxylation is 2. The van der Waals surface area contributed by atoms with Gasteiger partial charge >= 0.3 is 0 Å². The van der Waals surface area contributed by atoms with Gasteiger partial charge in [0.15, 0.2) is 0 Å². The van der Waals surface area contributed by atoms with Crippen molar-refractivity contribution in [3.05, 3.63) is 80.9 Å². The molecule has 34 heavy (non-hydrogen) atoms. The maximum Gasteiger partial charge on any atom is 0.0100 e. The van der Waals surface area contributed by atoms with Gasteiger partial charge in [-0.1, -0.05) is 90.4 Å². The largest absolute Gasteiger partial charge is 0.0797 e. The second-order valence-electron chi connectivity index (χ2n) is 13.0. The molecule has 3 aliphatic rings. The number of benzene rings is 2. The van der Waals surface area contributed by atoms with E-state index >= 15 is 0 Å². The Morgan fingerprint density at radius 2 is 1.65 bits per heavy atom. The van der Waals surface area contributed by atoms with Gasteiger partial charge < -0.3 is 0 Å². The van der Waals surface area contributed by atoms with Gasteiger partial charge in [-0.05, 0) is 112 Å². The summed E-state index contributed by atoms with van der Waals surface area (Å²) in [6.07, 6.45) is 8.36. The van der Waals surface area contributed by atoms with Crippen molar-refractivity contribution in [1.82, 2.24) is 0 Å². The van der Waals surface area contributed by atoms with E-state index in [2.05, 4.69) is 98.7 Å². The molecule has 180 valence electrons. The third-order valence-corrected chi connectivity index (χ3v) is 10.4. The lowest BCUT2D eigenvalue weighted by Crippen LogP contribution is -2.40. The van der Waals surface area contributed by atoms with Crippen LogP contribution in [0.15, 0.2) is 42.0 Å². The Kier molecular flexibility index (Phi) is 5.36. The van der Waals surface area contributed by atoms with E-state index in [0.717, 1.165) is 12.8 Å². The van der Waals surface area contributed by atoms with Crippen molar-refractivity contribution in [2.24, 2.45) is 10.8 Å². The van der Waals surface area contributed by atoms with E-state index in [1.54, 1.807) is 39.0 Å². The fraction of sp³-hybridized carbons (Fsp3) is 0.529. The molecule has 0 radical (unpaired) electrons. The number of hydrogen-bond donors (Lipinski definition) is 0. The van der Waals surface area contributed by atoms with Crippen molar-refractivity contribution in [2.45, 2.75) is 106 Å². The average Bonchev–Trinajstić information content (AvgIpc) is 2.85. The third-order valence-electron chi connectivity index (χ3n) is 10.4. The Hall–Kier alpha value is -2.08. The first-order chi connectivity index (χ1) is 15.9. The minimum Gasteiger partial charge on any atom is -0.0797 e. The maximum atomic E-state index is 2.61. The summed E-state index contributed by atoms with van der Waals surface area (Å²) in [7, 11) is 0. The first-order valence-corrected chi connectivity index (χ1v) is 13.6. The summed E-state index contributed by atoms with van der Waals surface area (Å²) in [5.74, 6) is 0.480. The zero-order valence-electron chi connectivity index (χ0n) is 23.1. The molecule has 3 atom stereocenters. The number of hydrogen-bond acceptors (Lipinski definition) is 0. The van der Waals surface area contributed by atoms with Gasteiger partial charge in [0.2, 0.25) is 0 Å². The highest BCUT2D eigenvalue weighted by Crippen LogP contribution is 2.62. The predicted octanol–water partition coefficient (Wildman–Crippen LogP) is 9.72. The molecule has 0 nitrogen and oxygen atoms in total. The van der Waals surface area contributed by atoms with Crippen LogP contribution in [0.4, 0.5) is 0 Å². The van der Waals surface area contributed by atoms with Crippen molar-refractivity contribution in [2.75, 3.05) is 0 Å². The highest BCUT2D eigenvalue weighted by Gasteiger charge is 2.49. The first-order valence-electron chi connectivity index (χ1n) is 13.6. The summed E-state index contributed by atoms with van der Waals surface area (Å²) >= 11 is 0. The molecule has 0 amide bonds. The zero-order chi connectivity index (χ0) is 24.6. The minimum absolute atomic E-state index is 0.161. The monoisotopic (exact) mass is 452 g/mol. The summed E-state index contributed by atoms with van der Waals surface area (Å²) in [5.41, 5.74) is 16.2. The van der Waals surface area contributed by atoms with Gasteiger partial charge in [0.05, 0.1) is 0 Å². The lowest BCUT2D eigenvalue weighted by Gasteiger charge is -2.47. The fourth-order valence-electron chi connectivity index (χ4n) is 7.54. The molecule has 2 aromatic carbocycles. The summed E-state index contributed by atoms with van der Waals surface area (Å²) in [6.45, 7) is 21.8. The molecule has 0 fully saturated rings. The number of rotatable bonds is 2. The number of allylic oxidation sites excluding steroid dienone is 4. The standard InChI is InChI=1S/C34H44/c1-10-33(8)20-28-25-18-22(4)21(3)17-24(25)26-19-27(28)31-23(15-16-29(26)32(5,6)7)13-12-14-30(31)34(33,9)11-2/h12-14,16-18,26H,10-11,15,19-20H2,1-9H3. The highest BCUT2D eigenvalue weighted by molar-refractivity contribution is 5.98. The molecule has 0 heterocycles. The maximum absolute atomic E-state index is 2.61. The molecule has 0 saturated carbocycles. The summed E-state index contributed by atoms with van der Waals surface area (Å²) in [6, 6.07) is 12.3. The Balaban J connectivity index is 1.94. The summed E-state index contributed by atoms with van der Waals surface area (Å²) in [4.78, 5) is 0. The van der Waals surface area contributed by atoms with Gasteiger partial charge in [-0.3, -0.25) is 0 Å². The van der Waals surface area contributed by atoms with Gasteiger partial charge in [-0.15, -0.1) is 0 Å². The van der Waals surface area contributed by atoms with Crippen molar-refractivity contribution >= 4 is 11.1 Å². The van der Waals surface area contributed by atoms with Crippen LogP contribution in [0.1, 0.15) is 119 Å². The van der Waals surface area contributed by atoms with Crippen LogP contribution in [0, 0.1) is 24.7 Å². The quantitative estimate of drug-likeness (QED) is 0.398. The van der Waals surface area contributed by atoms with E-state index in [1.165, 1.54) is 36.0 Å². The number of fused-ring (bicyclic) bond motifs is 4. The van der Waals surface area contributed by atoms with Crippen LogP contribution in [0.5, 0.6) is 0 Å². The normalized spacial score (nSPS) is 28.0. The lowest BCUT2D eigenvalue weighted by atomic mass is 9.57. The van der Waals surface area contributed by atoms with E-state index in [1.807, 2.05) is 0 Å². The predicted molar refractivity (Wildman–Crippen MR) is 148 cm³/mol. The molecule has 3 unspecified atom stereocenters. The molecular formula is C34H44. The molecular weight excluding hydrogens is 408 g/mol.